The molecule has 0 radical (unpaired) electrons. The molecule has 0 unspecified atom stereocenters. The number of hydrogen-bond donors (Lipinski definition) is 1. The fourth-order valence-electron chi connectivity index (χ4n) is 2.59. The minimum atomic E-state index is 0.00965. The lowest BCUT2D eigenvalue weighted by atomic mass is 9.90. The zero-order valence-corrected chi connectivity index (χ0v) is 10.7. The van der Waals surface area contributed by atoms with Crippen LogP contribution < -0.4 is 5.73 Å². The normalized spacial score (nSPS) is 25.3. The lowest BCUT2D eigenvalue weighted by molar-refractivity contribution is 0.0346. The summed E-state index contributed by atoms with van der Waals surface area (Å²) in [6, 6.07) is 0.825. The molecule has 0 aromatic rings. The number of nitrogens with two attached hydrogens (primary N) is 1. The zero-order valence-electron chi connectivity index (χ0n) is 10.7. The molecular formula is C13H26N2O. The maximum atomic E-state index is 6.48. The molecule has 1 aliphatic heterocycles. The standard InChI is InChI=1S/C13H26N2O/c1-11(2)9-15(12-3-4-12)10-13(14)5-7-16-8-6-13/h11-12H,3-10,14H2,1-2H3. The van der Waals surface area contributed by atoms with Crippen LogP contribution in [0, 0.1) is 5.92 Å². The number of rotatable bonds is 5. The van der Waals surface area contributed by atoms with Gasteiger partial charge in [-0.15, -0.1) is 0 Å². The number of ether oxygens (including phenoxy) is 1. The molecule has 94 valence electrons. The van der Waals surface area contributed by atoms with E-state index in [-0.39, 0.29) is 5.54 Å². The molecule has 2 aliphatic rings. The third-order valence-corrected chi connectivity index (χ3v) is 3.67. The van der Waals surface area contributed by atoms with Crippen molar-refractivity contribution in [3.63, 3.8) is 0 Å². The quantitative estimate of drug-likeness (QED) is 0.774. The van der Waals surface area contributed by atoms with Crippen molar-refractivity contribution in [3.05, 3.63) is 0 Å². The summed E-state index contributed by atoms with van der Waals surface area (Å²) >= 11 is 0. The number of hydrogen-bond acceptors (Lipinski definition) is 3. The van der Waals surface area contributed by atoms with Gasteiger partial charge in [-0.1, -0.05) is 13.8 Å². The van der Waals surface area contributed by atoms with Crippen LogP contribution in [-0.4, -0.2) is 42.8 Å². The van der Waals surface area contributed by atoms with Crippen LogP contribution in [0.15, 0.2) is 0 Å². The van der Waals surface area contributed by atoms with Gasteiger partial charge in [0.15, 0.2) is 0 Å². The van der Waals surface area contributed by atoms with Crippen molar-refractivity contribution in [1.82, 2.24) is 4.90 Å². The Balaban J connectivity index is 1.88. The third-order valence-electron chi connectivity index (χ3n) is 3.67. The van der Waals surface area contributed by atoms with Crippen molar-refractivity contribution in [2.24, 2.45) is 11.7 Å². The molecule has 0 aromatic heterocycles. The van der Waals surface area contributed by atoms with Gasteiger partial charge in [0.25, 0.3) is 0 Å². The molecule has 1 heterocycles. The van der Waals surface area contributed by atoms with E-state index in [0.29, 0.717) is 0 Å². The van der Waals surface area contributed by atoms with Crippen molar-refractivity contribution >= 4 is 0 Å². The largest absolute Gasteiger partial charge is 0.381 e. The van der Waals surface area contributed by atoms with Gasteiger partial charge in [-0.05, 0) is 31.6 Å². The Morgan fingerprint density at radius 1 is 1.31 bits per heavy atom. The molecule has 1 saturated carbocycles. The first-order chi connectivity index (χ1) is 7.59. The van der Waals surface area contributed by atoms with Crippen LogP contribution in [-0.2, 0) is 4.74 Å². The highest BCUT2D eigenvalue weighted by molar-refractivity contribution is 4.94. The molecule has 0 amide bonds. The van der Waals surface area contributed by atoms with Crippen LogP contribution in [0.2, 0.25) is 0 Å². The van der Waals surface area contributed by atoms with Crippen LogP contribution >= 0.6 is 0 Å². The van der Waals surface area contributed by atoms with E-state index in [1.807, 2.05) is 0 Å². The van der Waals surface area contributed by atoms with E-state index in [2.05, 4.69) is 18.7 Å². The second kappa shape index (κ2) is 5.03. The van der Waals surface area contributed by atoms with Crippen LogP contribution in [0.1, 0.15) is 39.5 Å². The molecule has 2 fully saturated rings. The maximum Gasteiger partial charge on any atom is 0.0484 e. The van der Waals surface area contributed by atoms with Gasteiger partial charge in [0.05, 0.1) is 0 Å². The van der Waals surface area contributed by atoms with Gasteiger partial charge in [0, 0.05) is 37.9 Å². The lowest BCUT2D eigenvalue weighted by Crippen LogP contribution is -2.54. The summed E-state index contributed by atoms with van der Waals surface area (Å²) in [5.41, 5.74) is 6.49. The van der Waals surface area contributed by atoms with Crippen LogP contribution in [0.5, 0.6) is 0 Å². The van der Waals surface area contributed by atoms with E-state index < -0.39 is 0 Å². The van der Waals surface area contributed by atoms with Crippen molar-refractivity contribution in [1.29, 1.82) is 0 Å². The fourth-order valence-corrected chi connectivity index (χ4v) is 2.59. The van der Waals surface area contributed by atoms with E-state index in [9.17, 15) is 0 Å². The van der Waals surface area contributed by atoms with Gasteiger partial charge < -0.3 is 10.5 Å². The highest BCUT2D eigenvalue weighted by atomic mass is 16.5. The van der Waals surface area contributed by atoms with Gasteiger partial charge in [0.2, 0.25) is 0 Å². The van der Waals surface area contributed by atoms with E-state index in [1.54, 1.807) is 0 Å². The van der Waals surface area contributed by atoms with Gasteiger partial charge in [-0.3, -0.25) is 4.90 Å². The minimum absolute atomic E-state index is 0.00965. The highest BCUT2D eigenvalue weighted by Crippen LogP contribution is 2.30. The topological polar surface area (TPSA) is 38.5 Å². The first-order valence-corrected chi connectivity index (χ1v) is 6.70. The summed E-state index contributed by atoms with van der Waals surface area (Å²) in [6.07, 6.45) is 4.79. The average molecular weight is 226 g/mol. The van der Waals surface area contributed by atoms with E-state index in [0.717, 1.165) is 44.6 Å². The third kappa shape index (κ3) is 3.44. The van der Waals surface area contributed by atoms with E-state index >= 15 is 0 Å². The summed E-state index contributed by atoms with van der Waals surface area (Å²) in [4.78, 5) is 2.62. The molecule has 0 bridgehead atoms. The van der Waals surface area contributed by atoms with E-state index in [1.165, 1.54) is 19.4 Å². The summed E-state index contributed by atoms with van der Waals surface area (Å²) in [5.74, 6) is 0.740. The second-order valence-electron chi connectivity index (χ2n) is 6.03. The van der Waals surface area contributed by atoms with Crippen molar-refractivity contribution < 1.29 is 4.74 Å². The first-order valence-electron chi connectivity index (χ1n) is 6.70. The first kappa shape index (κ1) is 12.3. The molecule has 3 heteroatoms. The predicted molar refractivity (Wildman–Crippen MR) is 66.4 cm³/mol. The zero-order chi connectivity index (χ0) is 11.6. The summed E-state index contributed by atoms with van der Waals surface area (Å²) in [7, 11) is 0. The van der Waals surface area contributed by atoms with Crippen LogP contribution in [0.4, 0.5) is 0 Å². The summed E-state index contributed by atoms with van der Waals surface area (Å²) in [6.45, 7) is 8.54. The number of nitrogens with zero attached hydrogens (tertiary/aromatic N) is 1. The molecule has 0 aromatic carbocycles. The van der Waals surface area contributed by atoms with Gasteiger partial charge in [0.1, 0.15) is 0 Å². The Hall–Kier alpha value is -0.120. The van der Waals surface area contributed by atoms with Crippen molar-refractivity contribution in [2.75, 3.05) is 26.3 Å². The van der Waals surface area contributed by atoms with Crippen LogP contribution in [0.25, 0.3) is 0 Å². The van der Waals surface area contributed by atoms with Crippen molar-refractivity contribution in [3.8, 4) is 0 Å². The Morgan fingerprint density at radius 2 is 1.94 bits per heavy atom. The average Bonchev–Trinajstić information content (AvgIpc) is 2.99. The SMILES string of the molecule is CC(C)CN(CC1(N)CCOCC1)C1CC1. The Bertz CT molecular complexity index is 220. The molecule has 16 heavy (non-hydrogen) atoms. The smallest absolute Gasteiger partial charge is 0.0484 e. The minimum Gasteiger partial charge on any atom is -0.381 e. The molecule has 0 atom stereocenters. The lowest BCUT2D eigenvalue weighted by Gasteiger charge is -2.38. The van der Waals surface area contributed by atoms with Gasteiger partial charge in [-0.25, -0.2) is 0 Å². The van der Waals surface area contributed by atoms with Gasteiger partial charge >= 0.3 is 0 Å². The van der Waals surface area contributed by atoms with Crippen molar-refractivity contribution in [2.45, 2.75) is 51.1 Å². The Morgan fingerprint density at radius 3 is 2.44 bits per heavy atom. The molecule has 3 nitrogen and oxygen atoms in total. The maximum absolute atomic E-state index is 6.48. The Kier molecular flexibility index (Phi) is 3.88. The highest BCUT2D eigenvalue weighted by Gasteiger charge is 2.36. The molecule has 2 N–H and O–H groups in total. The second-order valence-corrected chi connectivity index (χ2v) is 6.03. The molecule has 0 spiro atoms. The monoisotopic (exact) mass is 226 g/mol. The molecule has 1 aliphatic carbocycles. The molecule has 1 saturated heterocycles. The predicted octanol–water partition coefficient (Wildman–Crippen LogP) is 1.61. The molecule has 2 rings (SSSR count). The van der Waals surface area contributed by atoms with E-state index in [4.69, 9.17) is 10.5 Å². The summed E-state index contributed by atoms with van der Waals surface area (Å²) in [5, 5.41) is 0. The Labute approximate surface area is 99.3 Å². The van der Waals surface area contributed by atoms with Crippen LogP contribution in [0.3, 0.4) is 0 Å². The summed E-state index contributed by atoms with van der Waals surface area (Å²) < 4.78 is 5.41. The van der Waals surface area contributed by atoms with Gasteiger partial charge in [-0.2, -0.15) is 0 Å². The fraction of sp³-hybridized carbons (Fsp3) is 1.00. The molecular weight excluding hydrogens is 200 g/mol.